The number of rotatable bonds is 2. The van der Waals surface area contributed by atoms with Gasteiger partial charge in [-0.05, 0) is 43.1 Å². The van der Waals surface area contributed by atoms with E-state index in [1.807, 2.05) is 0 Å². The fraction of sp³-hybridized carbons (Fsp3) is 0.739. The van der Waals surface area contributed by atoms with E-state index in [1.54, 1.807) is 0 Å². The third-order valence-electron chi connectivity index (χ3n) is 4.62. The quantitative estimate of drug-likeness (QED) is 0.362. The monoisotopic (exact) mass is 382 g/mol. The van der Waals surface area contributed by atoms with Crippen LogP contribution in [0.4, 0.5) is 0 Å². The molecule has 1 aromatic rings. The highest BCUT2D eigenvalue weighted by atomic mass is 35.5. The van der Waals surface area contributed by atoms with Crippen LogP contribution in [-0.4, -0.2) is 10.3 Å². The first-order valence-electron chi connectivity index (χ1n) is 9.45. The Bertz CT molecular complexity index is 587. The van der Waals surface area contributed by atoms with E-state index in [4.69, 9.17) is 11.6 Å². The average molecular weight is 383 g/mol. The number of benzene rings is 1. The Morgan fingerprint density at radius 1 is 0.720 bits per heavy atom. The minimum Gasteiger partial charge on any atom is -0.122 e. The van der Waals surface area contributed by atoms with Crippen LogP contribution in [0.1, 0.15) is 99.8 Å². The van der Waals surface area contributed by atoms with Crippen LogP contribution in [0.15, 0.2) is 12.1 Å². The Balaban J connectivity index is 3.95. The Morgan fingerprint density at radius 2 is 1.16 bits per heavy atom. The SMILES string of the molecule is CC(C)(C)c1cc(P(C(C)(C)C)C(C)(C)C)c(CCl)c(C(C)(C)C)c1. The topological polar surface area (TPSA) is 0 Å². The van der Waals surface area contributed by atoms with Crippen LogP contribution < -0.4 is 5.30 Å². The third-order valence-corrected chi connectivity index (χ3v) is 8.45. The standard InChI is InChI=1S/C23H40ClP/c1-20(2,3)16-13-18(21(4,5)6)17(15-24)19(14-16)25(22(7,8)9)23(10,11)12/h13-14H,15H2,1-12H3. The smallest absolute Gasteiger partial charge is 0.0483 e. The lowest BCUT2D eigenvalue weighted by molar-refractivity contribution is 0.566. The summed E-state index contributed by atoms with van der Waals surface area (Å²) in [7, 11) is -0.376. The molecule has 0 radical (unpaired) electrons. The molecule has 0 amide bonds. The predicted octanol–water partition coefficient (Wildman–Crippen LogP) is 7.72. The molecule has 0 aliphatic carbocycles. The highest BCUT2D eigenvalue weighted by Gasteiger charge is 2.38. The minimum atomic E-state index is -0.376. The van der Waals surface area contributed by atoms with Gasteiger partial charge in [0, 0.05) is 5.88 Å². The van der Waals surface area contributed by atoms with Gasteiger partial charge in [-0.1, -0.05) is 103 Å². The van der Waals surface area contributed by atoms with Crippen molar-refractivity contribution in [3.05, 3.63) is 28.8 Å². The highest BCUT2D eigenvalue weighted by molar-refractivity contribution is 7.68. The van der Waals surface area contributed by atoms with Gasteiger partial charge in [0.2, 0.25) is 0 Å². The molecule has 0 unspecified atom stereocenters. The Kier molecular flexibility index (Phi) is 6.58. The molecule has 2 heteroatoms. The van der Waals surface area contributed by atoms with Crippen LogP contribution in [-0.2, 0) is 16.7 Å². The second-order valence-electron chi connectivity index (χ2n) is 11.3. The van der Waals surface area contributed by atoms with Gasteiger partial charge in [0.1, 0.15) is 0 Å². The van der Waals surface area contributed by atoms with Crippen LogP contribution in [0, 0.1) is 0 Å². The molecule has 25 heavy (non-hydrogen) atoms. The molecule has 0 saturated carbocycles. The van der Waals surface area contributed by atoms with Crippen molar-refractivity contribution in [1.82, 2.24) is 0 Å². The molecule has 0 saturated heterocycles. The summed E-state index contributed by atoms with van der Waals surface area (Å²) < 4.78 is 0. The summed E-state index contributed by atoms with van der Waals surface area (Å²) in [4.78, 5) is 0. The second kappa shape index (κ2) is 7.16. The number of hydrogen-bond donors (Lipinski definition) is 0. The van der Waals surface area contributed by atoms with Gasteiger partial charge >= 0.3 is 0 Å². The molecule has 0 aliphatic rings. The summed E-state index contributed by atoms with van der Waals surface area (Å²) in [6, 6.07) is 4.90. The number of alkyl halides is 1. The summed E-state index contributed by atoms with van der Waals surface area (Å²) in [5.41, 5.74) is 4.46. The van der Waals surface area contributed by atoms with Gasteiger partial charge in [-0.25, -0.2) is 0 Å². The lowest BCUT2D eigenvalue weighted by atomic mass is 9.78. The summed E-state index contributed by atoms with van der Waals surface area (Å²) >= 11 is 6.56. The van der Waals surface area contributed by atoms with Crippen molar-refractivity contribution in [3.8, 4) is 0 Å². The van der Waals surface area contributed by atoms with Gasteiger partial charge in [0.15, 0.2) is 0 Å². The van der Waals surface area contributed by atoms with E-state index < -0.39 is 0 Å². The Morgan fingerprint density at radius 3 is 1.44 bits per heavy atom. The maximum Gasteiger partial charge on any atom is 0.0483 e. The normalized spacial score (nSPS) is 14.3. The fourth-order valence-electron chi connectivity index (χ4n) is 3.83. The summed E-state index contributed by atoms with van der Waals surface area (Å²) in [6.45, 7) is 28.2. The zero-order valence-corrected chi connectivity index (χ0v) is 20.3. The maximum atomic E-state index is 6.56. The summed E-state index contributed by atoms with van der Waals surface area (Å²) in [5, 5.41) is 1.99. The van der Waals surface area contributed by atoms with Crippen LogP contribution in [0.5, 0.6) is 0 Å². The summed E-state index contributed by atoms with van der Waals surface area (Å²) in [5.74, 6) is 0.595. The first kappa shape index (κ1) is 23.0. The van der Waals surface area contributed by atoms with E-state index in [0.717, 1.165) is 0 Å². The summed E-state index contributed by atoms with van der Waals surface area (Å²) in [6.07, 6.45) is 0. The van der Waals surface area contributed by atoms with Gasteiger partial charge in [-0.2, -0.15) is 0 Å². The number of halogens is 1. The van der Waals surface area contributed by atoms with E-state index in [1.165, 1.54) is 22.0 Å². The lowest BCUT2D eigenvalue weighted by Gasteiger charge is -2.44. The molecular weight excluding hydrogens is 343 g/mol. The van der Waals surface area contributed by atoms with Crippen molar-refractivity contribution in [2.24, 2.45) is 0 Å². The first-order chi connectivity index (χ1) is 10.9. The zero-order chi connectivity index (χ0) is 20.0. The van der Waals surface area contributed by atoms with Crippen molar-refractivity contribution in [2.45, 2.75) is 110 Å². The van der Waals surface area contributed by atoms with Crippen molar-refractivity contribution in [2.75, 3.05) is 0 Å². The molecule has 0 atom stereocenters. The molecule has 0 nitrogen and oxygen atoms in total. The molecule has 0 bridgehead atoms. The van der Waals surface area contributed by atoms with Gasteiger partial charge in [0.25, 0.3) is 0 Å². The molecule has 144 valence electrons. The molecular formula is C23H40ClP. The molecule has 0 aliphatic heterocycles. The molecule has 0 spiro atoms. The average Bonchev–Trinajstić information content (AvgIpc) is 2.31. The molecule has 0 heterocycles. The Labute approximate surface area is 163 Å². The van der Waals surface area contributed by atoms with Crippen LogP contribution in [0.25, 0.3) is 0 Å². The van der Waals surface area contributed by atoms with Crippen molar-refractivity contribution in [1.29, 1.82) is 0 Å². The zero-order valence-electron chi connectivity index (χ0n) is 18.7. The number of hydrogen-bond acceptors (Lipinski definition) is 0. The van der Waals surface area contributed by atoms with Gasteiger partial charge in [-0.15, -0.1) is 11.6 Å². The van der Waals surface area contributed by atoms with E-state index in [0.29, 0.717) is 5.88 Å². The third kappa shape index (κ3) is 5.46. The Hall–Kier alpha value is -0.0600. The van der Waals surface area contributed by atoms with Crippen LogP contribution >= 0.6 is 19.5 Å². The van der Waals surface area contributed by atoms with Gasteiger partial charge in [0.05, 0.1) is 0 Å². The van der Waals surface area contributed by atoms with Crippen molar-refractivity contribution < 1.29 is 0 Å². The lowest BCUT2D eigenvalue weighted by Crippen LogP contribution is -2.35. The molecule has 1 aromatic carbocycles. The van der Waals surface area contributed by atoms with Crippen LogP contribution in [0.2, 0.25) is 0 Å². The van der Waals surface area contributed by atoms with Crippen molar-refractivity contribution >= 4 is 24.8 Å². The second-order valence-corrected chi connectivity index (χ2v) is 15.4. The molecule has 1 rings (SSSR count). The largest absolute Gasteiger partial charge is 0.122 e. The minimum absolute atomic E-state index is 0.0943. The van der Waals surface area contributed by atoms with E-state index >= 15 is 0 Å². The molecule has 0 aromatic heterocycles. The molecule has 0 N–H and O–H groups in total. The van der Waals surface area contributed by atoms with Crippen molar-refractivity contribution in [3.63, 3.8) is 0 Å². The fourth-order valence-corrected chi connectivity index (χ4v) is 8.40. The molecule has 0 fully saturated rings. The highest BCUT2D eigenvalue weighted by Crippen LogP contribution is 2.59. The van der Waals surface area contributed by atoms with E-state index in [9.17, 15) is 0 Å². The van der Waals surface area contributed by atoms with Crippen LogP contribution in [0.3, 0.4) is 0 Å². The first-order valence-corrected chi connectivity index (χ1v) is 11.3. The van der Waals surface area contributed by atoms with E-state index in [-0.39, 0.29) is 29.1 Å². The van der Waals surface area contributed by atoms with Gasteiger partial charge < -0.3 is 0 Å². The van der Waals surface area contributed by atoms with Gasteiger partial charge in [-0.3, -0.25) is 0 Å². The maximum absolute atomic E-state index is 6.56. The van der Waals surface area contributed by atoms with E-state index in [2.05, 4.69) is 95.2 Å². The predicted molar refractivity (Wildman–Crippen MR) is 119 cm³/mol.